The van der Waals surface area contributed by atoms with Crippen molar-refractivity contribution >= 4 is 22.9 Å². The van der Waals surface area contributed by atoms with Crippen molar-refractivity contribution < 1.29 is 14.3 Å². The molecule has 0 aliphatic carbocycles. The number of aromatic nitrogens is 1. The standard InChI is InChI=1S/C20H20N2O3S/c1-13-12-26-20(21-13)14-4-7-16(8-5-14)22-19(23)10-15-6-9-17(24-2)11-18(15)25-3/h4-9,11-12H,10H2,1-3H3,(H,22,23). The number of rotatable bonds is 6. The number of anilines is 1. The Morgan fingerprint density at radius 3 is 2.50 bits per heavy atom. The number of nitrogens with zero attached hydrogens (tertiary/aromatic N) is 1. The van der Waals surface area contributed by atoms with Crippen molar-refractivity contribution in [2.75, 3.05) is 19.5 Å². The van der Waals surface area contributed by atoms with Crippen LogP contribution in [0.3, 0.4) is 0 Å². The highest BCUT2D eigenvalue weighted by Crippen LogP contribution is 2.26. The van der Waals surface area contributed by atoms with E-state index in [9.17, 15) is 4.79 Å². The Labute approximate surface area is 156 Å². The summed E-state index contributed by atoms with van der Waals surface area (Å²) in [4.78, 5) is 16.8. The number of amides is 1. The Balaban J connectivity index is 1.66. The van der Waals surface area contributed by atoms with Crippen molar-refractivity contribution in [1.29, 1.82) is 0 Å². The molecule has 0 aliphatic heterocycles. The lowest BCUT2D eigenvalue weighted by Crippen LogP contribution is -2.14. The van der Waals surface area contributed by atoms with Gasteiger partial charge in [-0.2, -0.15) is 0 Å². The average molecular weight is 368 g/mol. The minimum absolute atomic E-state index is 0.105. The minimum atomic E-state index is -0.105. The van der Waals surface area contributed by atoms with Gasteiger partial charge in [0.25, 0.3) is 0 Å². The Morgan fingerprint density at radius 2 is 1.88 bits per heavy atom. The van der Waals surface area contributed by atoms with Crippen molar-refractivity contribution in [2.24, 2.45) is 0 Å². The molecule has 0 spiro atoms. The van der Waals surface area contributed by atoms with Gasteiger partial charge in [0.2, 0.25) is 5.91 Å². The maximum absolute atomic E-state index is 12.4. The lowest BCUT2D eigenvalue weighted by Gasteiger charge is -2.11. The topological polar surface area (TPSA) is 60.5 Å². The van der Waals surface area contributed by atoms with Crippen LogP contribution in [-0.2, 0) is 11.2 Å². The van der Waals surface area contributed by atoms with Crippen LogP contribution in [0.15, 0.2) is 47.8 Å². The van der Waals surface area contributed by atoms with Crippen LogP contribution in [0.2, 0.25) is 0 Å². The van der Waals surface area contributed by atoms with Crippen LogP contribution in [0.1, 0.15) is 11.3 Å². The van der Waals surface area contributed by atoms with E-state index < -0.39 is 0 Å². The molecule has 26 heavy (non-hydrogen) atoms. The predicted octanol–water partition coefficient (Wildman–Crippen LogP) is 4.32. The Bertz CT molecular complexity index is 904. The monoisotopic (exact) mass is 368 g/mol. The van der Waals surface area contributed by atoms with Crippen LogP contribution in [0, 0.1) is 6.92 Å². The number of carbonyl (C=O) groups excluding carboxylic acids is 1. The maximum atomic E-state index is 12.4. The van der Waals surface area contributed by atoms with Crippen molar-refractivity contribution in [1.82, 2.24) is 4.98 Å². The summed E-state index contributed by atoms with van der Waals surface area (Å²) in [6, 6.07) is 13.1. The first-order valence-corrected chi connectivity index (χ1v) is 9.00. The minimum Gasteiger partial charge on any atom is -0.497 e. The summed E-state index contributed by atoms with van der Waals surface area (Å²) in [6.07, 6.45) is 0.223. The molecule has 2 aromatic carbocycles. The summed E-state index contributed by atoms with van der Waals surface area (Å²) in [5.74, 6) is 1.22. The SMILES string of the molecule is COc1ccc(CC(=O)Nc2ccc(-c3nc(C)cs3)cc2)c(OC)c1. The van der Waals surface area contributed by atoms with Gasteiger partial charge in [-0.1, -0.05) is 6.07 Å². The average Bonchev–Trinajstić information content (AvgIpc) is 3.09. The highest BCUT2D eigenvalue weighted by Gasteiger charge is 2.11. The van der Waals surface area contributed by atoms with E-state index in [1.807, 2.05) is 48.7 Å². The van der Waals surface area contributed by atoms with Gasteiger partial charge in [-0.15, -0.1) is 11.3 Å². The second-order valence-corrected chi connectivity index (χ2v) is 6.63. The van der Waals surface area contributed by atoms with Gasteiger partial charge in [0.15, 0.2) is 0 Å². The summed E-state index contributed by atoms with van der Waals surface area (Å²) in [5.41, 5.74) is 3.61. The molecule has 0 saturated heterocycles. The molecule has 1 aromatic heterocycles. The van der Waals surface area contributed by atoms with Gasteiger partial charge in [0, 0.05) is 34.0 Å². The molecule has 0 atom stereocenters. The summed E-state index contributed by atoms with van der Waals surface area (Å²) in [6.45, 7) is 1.97. The number of aryl methyl sites for hydroxylation is 1. The molecule has 3 rings (SSSR count). The lowest BCUT2D eigenvalue weighted by molar-refractivity contribution is -0.115. The quantitative estimate of drug-likeness (QED) is 0.704. The number of nitrogens with one attached hydrogen (secondary N) is 1. The zero-order chi connectivity index (χ0) is 18.5. The molecule has 1 N–H and O–H groups in total. The Morgan fingerprint density at radius 1 is 1.12 bits per heavy atom. The van der Waals surface area contributed by atoms with Gasteiger partial charge in [-0.05, 0) is 37.3 Å². The molecule has 1 heterocycles. The van der Waals surface area contributed by atoms with Crippen molar-refractivity contribution in [3.05, 3.63) is 59.1 Å². The Hall–Kier alpha value is -2.86. The molecule has 0 fully saturated rings. The number of benzene rings is 2. The lowest BCUT2D eigenvalue weighted by atomic mass is 10.1. The molecule has 0 unspecified atom stereocenters. The number of methoxy groups -OCH3 is 2. The maximum Gasteiger partial charge on any atom is 0.228 e. The molecule has 134 valence electrons. The van der Waals surface area contributed by atoms with Crippen LogP contribution < -0.4 is 14.8 Å². The number of carbonyl (C=O) groups is 1. The molecular formula is C20H20N2O3S. The van der Waals surface area contributed by atoms with Crippen LogP contribution >= 0.6 is 11.3 Å². The van der Waals surface area contributed by atoms with Gasteiger partial charge in [-0.3, -0.25) is 4.79 Å². The van der Waals surface area contributed by atoms with Crippen LogP contribution in [0.5, 0.6) is 11.5 Å². The molecule has 3 aromatic rings. The molecule has 0 saturated carbocycles. The van der Waals surface area contributed by atoms with E-state index >= 15 is 0 Å². The van der Waals surface area contributed by atoms with Gasteiger partial charge in [0.1, 0.15) is 16.5 Å². The fourth-order valence-corrected chi connectivity index (χ4v) is 3.36. The van der Waals surface area contributed by atoms with Crippen molar-refractivity contribution in [2.45, 2.75) is 13.3 Å². The largest absolute Gasteiger partial charge is 0.497 e. The van der Waals surface area contributed by atoms with E-state index in [0.29, 0.717) is 11.5 Å². The highest BCUT2D eigenvalue weighted by atomic mass is 32.1. The first kappa shape index (κ1) is 17.9. The van der Waals surface area contributed by atoms with Gasteiger partial charge >= 0.3 is 0 Å². The van der Waals surface area contributed by atoms with E-state index in [1.165, 1.54) is 0 Å². The van der Waals surface area contributed by atoms with Crippen molar-refractivity contribution in [3.8, 4) is 22.1 Å². The molecule has 6 heteroatoms. The van der Waals surface area contributed by atoms with E-state index in [0.717, 1.165) is 27.5 Å². The summed E-state index contributed by atoms with van der Waals surface area (Å²) in [5, 5.41) is 5.91. The third-order valence-corrected chi connectivity index (χ3v) is 4.89. The molecule has 0 bridgehead atoms. The summed E-state index contributed by atoms with van der Waals surface area (Å²) in [7, 11) is 3.17. The fourth-order valence-electron chi connectivity index (χ4n) is 2.56. The number of ether oxygens (including phenoxy) is 2. The van der Waals surface area contributed by atoms with E-state index in [2.05, 4.69) is 10.3 Å². The highest BCUT2D eigenvalue weighted by molar-refractivity contribution is 7.13. The number of hydrogen-bond acceptors (Lipinski definition) is 5. The smallest absolute Gasteiger partial charge is 0.228 e. The summed E-state index contributed by atoms with van der Waals surface area (Å²) >= 11 is 1.61. The number of thiazole rings is 1. The first-order chi connectivity index (χ1) is 12.6. The van der Waals surface area contributed by atoms with E-state index in [-0.39, 0.29) is 12.3 Å². The van der Waals surface area contributed by atoms with Crippen LogP contribution in [-0.4, -0.2) is 25.1 Å². The zero-order valence-electron chi connectivity index (χ0n) is 14.9. The molecule has 5 nitrogen and oxygen atoms in total. The zero-order valence-corrected chi connectivity index (χ0v) is 15.7. The number of hydrogen-bond donors (Lipinski definition) is 1. The van der Waals surface area contributed by atoms with Gasteiger partial charge < -0.3 is 14.8 Å². The Kier molecular flexibility index (Phi) is 5.53. The third-order valence-electron chi connectivity index (χ3n) is 3.88. The second kappa shape index (κ2) is 8.01. The van der Waals surface area contributed by atoms with Gasteiger partial charge in [-0.25, -0.2) is 4.98 Å². The van der Waals surface area contributed by atoms with E-state index in [1.54, 1.807) is 31.6 Å². The third kappa shape index (κ3) is 4.21. The van der Waals surface area contributed by atoms with E-state index in [4.69, 9.17) is 9.47 Å². The fraction of sp³-hybridized carbons (Fsp3) is 0.200. The summed E-state index contributed by atoms with van der Waals surface area (Å²) < 4.78 is 10.5. The normalized spacial score (nSPS) is 10.4. The molecule has 0 radical (unpaired) electrons. The molecule has 1 amide bonds. The van der Waals surface area contributed by atoms with Crippen LogP contribution in [0.4, 0.5) is 5.69 Å². The predicted molar refractivity (Wildman–Crippen MR) is 104 cm³/mol. The van der Waals surface area contributed by atoms with Crippen LogP contribution in [0.25, 0.3) is 10.6 Å². The first-order valence-electron chi connectivity index (χ1n) is 8.12. The van der Waals surface area contributed by atoms with Gasteiger partial charge in [0.05, 0.1) is 20.6 Å². The second-order valence-electron chi connectivity index (χ2n) is 5.77. The molecule has 0 aliphatic rings. The van der Waals surface area contributed by atoms with Crippen molar-refractivity contribution in [3.63, 3.8) is 0 Å². The molecular weight excluding hydrogens is 348 g/mol.